The highest BCUT2D eigenvalue weighted by atomic mass is 16.5. The third kappa shape index (κ3) is 6.30. The summed E-state index contributed by atoms with van der Waals surface area (Å²) in [6.07, 6.45) is 1.89. The molecule has 0 radical (unpaired) electrons. The van der Waals surface area contributed by atoms with Gasteiger partial charge in [-0.15, -0.1) is 0 Å². The molecule has 11 nitrogen and oxygen atoms in total. The fraction of sp³-hybridized carbons (Fsp3) is 0.231. The average Bonchev–Trinajstić information content (AvgIpc) is 3.77. The maximum absolute atomic E-state index is 5.69. The van der Waals surface area contributed by atoms with Crippen LogP contribution < -0.4 is 19.3 Å². The third-order valence-electron chi connectivity index (χ3n) is 9.10. The van der Waals surface area contributed by atoms with Crippen molar-refractivity contribution in [2.45, 2.75) is 19.6 Å². The molecule has 50 heavy (non-hydrogen) atoms. The minimum Gasteiger partial charge on any atom is -0.497 e. The molecule has 0 spiro atoms. The van der Waals surface area contributed by atoms with E-state index in [-0.39, 0.29) is 0 Å². The summed E-state index contributed by atoms with van der Waals surface area (Å²) in [6.45, 7) is 4.33. The number of imidazole rings is 1. The van der Waals surface area contributed by atoms with Crippen LogP contribution in [0.15, 0.2) is 109 Å². The molecule has 1 fully saturated rings. The van der Waals surface area contributed by atoms with Crippen molar-refractivity contribution in [1.29, 1.82) is 0 Å². The van der Waals surface area contributed by atoms with Gasteiger partial charge in [0.1, 0.15) is 17.3 Å². The van der Waals surface area contributed by atoms with Gasteiger partial charge in [-0.3, -0.25) is 0 Å². The van der Waals surface area contributed by atoms with E-state index in [1.54, 1.807) is 14.2 Å². The Labute approximate surface area is 290 Å². The van der Waals surface area contributed by atoms with E-state index < -0.39 is 0 Å². The maximum atomic E-state index is 5.69. The molecule has 0 aliphatic carbocycles. The van der Waals surface area contributed by atoms with E-state index in [1.165, 1.54) is 0 Å². The lowest BCUT2D eigenvalue weighted by Gasteiger charge is -2.29. The SMILES string of the molecule is COc1ccc(CN(Cc2nc3ccccc3n2Cc2ccc(OC)cc2)c2nc(N3CCOCC3)nc3c(-c4ccccc4)cnn23)cc1. The first-order valence-corrected chi connectivity index (χ1v) is 16.8. The molecule has 11 heteroatoms. The average molecular weight is 667 g/mol. The monoisotopic (exact) mass is 666 g/mol. The van der Waals surface area contributed by atoms with E-state index in [0.29, 0.717) is 57.8 Å². The molecule has 7 aromatic rings. The van der Waals surface area contributed by atoms with Crippen LogP contribution in [0.3, 0.4) is 0 Å². The van der Waals surface area contributed by atoms with Crippen molar-refractivity contribution in [2.24, 2.45) is 0 Å². The molecule has 0 amide bonds. The Morgan fingerprint density at radius 3 is 2.12 bits per heavy atom. The second kappa shape index (κ2) is 13.9. The zero-order valence-electron chi connectivity index (χ0n) is 28.1. The molecule has 1 saturated heterocycles. The Balaban J connectivity index is 1.28. The molecule has 1 aliphatic heterocycles. The topological polar surface area (TPSA) is 95.1 Å². The summed E-state index contributed by atoms with van der Waals surface area (Å²) >= 11 is 0. The van der Waals surface area contributed by atoms with Gasteiger partial charge in [-0.2, -0.15) is 19.6 Å². The second-order valence-electron chi connectivity index (χ2n) is 12.2. The number of hydrogen-bond donors (Lipinski definition) is 0. The van der Waals surface area contributed by atoms with Crippen molar-refractivity contribution in [2.75, 3.05) is 50.3 Å². The molecule has 0 bridgehead atoms. The van der Waals surface area contributed by atoms with Crippen molar-refractivity contribution in [3.05, 3.63) is 126 Å². The van der Waals surface area contributed by atoms with Gasteiger partial charge < -0.3 is 28.6 Å². The number of rotatable bonds is 11. The molecule has 4 heterocycles. The smallest absolute Gasteiger partial charge is 0.232 e. The fourth-order valence-electron chi connectivity index (χ4n) is 6.44. The highest BCUT2D eigenvalue weighted by Crippen LogP contribution is 2.30. The van der Waals surface area contributed by atoms with E-state index in [4.69, 9.17) is 34.3 Å². The highest BCUT2D eigenvalue weighted by molar-refractivity contribution is 5.79. The molecule has 0 atom stereocenters. The summed E-state index contributed by atoms with van der Waals surface area (Å²) in [5, 5.41) is 4.91. The molecular weight excluding hydrogens is 628 g/mol. The molecule has 1 aliphatic rings. The van der Waals surface area contributed by atoms with Gasteiger partial charge in [-0.25, -0.2) is 4.98 Å². The van der Waals surface area contributed by atoms with Gasteiger partial charge in [0.05, 0.1) is 51.2 Å². The number of benzene rings is 4. The van der Waals surface area contributed by atoms with Gasteiger partial charge in [0.2, 0.25) is 11.9 Å². The van der Waals surface area contributed by atoms with Gasteiger partial charge in [0.25, 0.3) is 0 Å². The summed E-state index contributed by atoms with van der Waals surface area (Å²) in [4.78, 5) is 20.0. The van der Waals surface area contributed by atoms with Gasteiger partial charge in [-0.05, 0) is 53.1 Å². The van der Waals surface area contributed by atoms with Gasteiger partial charge in [-0.1, -0.05) is 66.7 Å². The molecular formula is C39H38N8O3. The number of anilines is 2. The van der Waals surface area contributed by atoms with E-state index in [2.05, 4.69) is 69.0 Å². The van der Waals surface area contributed by atoms with Crippen LogP contribution in [-0.4, -0.2) is 69.7 Å². The minimum atomic E-state index is 0.464. The first-order valence-electron chi connectivity index (χ1n) is 16.8. The maximum Gasteiger partial charge on any atom is 0.232 e. The Kier molecular flexibility index (Phi) is 8.70. The number of nitrogens with zero attached hydrogens (tertiary/aromatic N) is 8. The van der Waals surface area contributed by atoms with Crippen LogP contribution in [0.1, 0.15) is 17.0 Å². The predicted molar refractivity (Wildman–Crippen MR) is 194 cm³/mol. The quantitative estimate of drug-likeness (QED) is 0.159. The van der Waals surface area contributed by atoms with Crippen LogP contribution in [0.4, 0.5) is 11.9 Å². The van der Waals surface area contributed by atoms with Crippen LogP contribution in [0.25, 0.3) is 27.8 Å². The first-order chi connectivity index (χ1) is 24.7. The molecule has 252 valence electrons. The number of fused-ring (bicyclic) bond motifs is 2. The number of aromatic nitrogens is 6. The minimum absolute atomic E-state index is 0.464. The summed E-state index contributed by atoms with van der Waals surface area (Å²) < 4.78 is 20.7. The summed E-state index contributed by atoms with van der Waals surface area (Å²) in [5.41, 5.74) is 6.98. The first kappa shape index (κ1) is 31.3. The van der Waals surface area contributed by atoms with E-state index in [9.17, 15) is 0 Å². The van der Waals surface area contributed by atoms with Crippen molar-refractivity contribution in [3.63, 3.8) is 0 Å². The highest BCUT2D eigenvalue weighted by Gasteiger charge is 2.25. The summed E-state index contributed by atoms with van der Waals surface area (Å²) in [7, 11) is 3.37. The molecule has 8 rings (SSSR count). The number of para-hydroxylation sites is 2. The standard InChI is InChI=1S/C39H38N8O3/c1-48-31-16-12-28(13-17-31)25-45(27-36-41-34-10-6-7-11-35(34)46(36)26-29-14-18-32(49-2)19-15-29)39-43-38(44-20-22-50-23-21-44)42-37-33(24-40-47(37)39)30-8-4-3-5-9-30/h3-19,24H,20-23,25-27H2,1-2H3. The Morgan fingerprint density at radius 2 is 1.40 bits per heavy atom. The van der Waals surface area contributed by atoms with Crippen LogP contribution in [0.5, 0.6) is 11.5 Å². The van der Waals surface area contributed by atoms with Crippen LogP contribution in [0, 0.1) is 0 Å². The van der Waals surface area contributed by atoms with Crippen molar-refractivity contribution >= 4 is 28.6 Å². The van der Waals surface area contributed by atoms with Crippen molar-refractivity contribution in [3.8, 4) is 22.6 Å². The number of morpholine rings is 1. The van der Waals surface area contributed by atoms with Crippen molar-refractivity contribution in [1.82, 2.24) is 29.1 Å². The zero-order chi connectivity index (χ0) is 33.9. The number of ether oxygens (including phenoxy) is 3. The Hall–Kier alpha value is -5.94. The Morgan fingerprint density at radius 1 is 0.720 bits per heavy atom. The predicted octanol–water partition coefficient (Wildman–Crippen LogP) is 6.25. The van der Waals surface area contributed by atoms with E-state index >= 15 is 0 Å². The molecule has 0 saturated carbocycles. The van der Waals surface area contributed by atoms with E-state index in [1.807, 2.05) is 59.2 Å². The largest absolute Gasteiger partial charge is 0.497 e. The fourth-order valence-corrected chi connectivity index (χ4v) is 6.44. The van der Waals surface area contributed by atoms with Crippen LogP contribution >= 0.6 is 0 Å². The van der Waals surface area contributed by atoms with Gasteiger partial charge in [0.15, 0.2) is 5.65 Å². The normalized spacial score (nSPS) is 13.2. The lowest BCUT2D eigenvalue weighted by Crippen LogP contribution is -2.38. The van der Waals surface area contributed by atoms with E-state index in [0.717, 1.165) is 56.3 Å². The third-order valence-corrected chi connectivity index (χ3v) is 9.10. The van der Waals surface area contributed by atoms with Crippen LogP contribution in [-0.2, 0) is 24.4 Å². The zero-order valence-corrected chi connectivity index (χ0v) is 28.1. The van der Waals surface area contributed by atoms with Gasteiger partial charge >= 0.3 is 0 Å². The second-order valence-corrected chi connectivity index (χ2v) is 12.2. The Bertz CT molecular complexity index is 2210. The lowest BCUT2D eigenvalue weighted by molar-refractivity contribution is 0.122. The summed E-state index contributed by atoms with van der Waals surface area (Å²) in [6, 6.07) is 34.9. The molecule has 4 aromatic carbocycles. The molecule has 0 unspecified atom stereocenters. The number of hydrogen-bond acceptors (Lipinski definition) is 9. The van der Waals surface area contributed by atoms with Gasteiger partial charge in [0, 0.05) is 31.7 Å². The lowest BCUT2D eigenvalue weighted by atomic mass is 10.1. The van der Waals surface area contributed by atoms with Crippen molar-refractivity contribution < 1.29 is 14.2 Å². The van der Waals surface area contributed by atoms with Crippen LogP contribution in [0.2, 0.25) is 0 Å². The summed E-state index contributed by atoms with van der Waals surface area (Å²) in [5.74, 6) is 3.87. The number of methoxy groups -OCH3 is 2. The molecule has 3 aromatic heterocycles. The molecule has 0 N–H and O–H groups in total.